The van der Waals surface area contributed by atoms with E-state index >= 15 is 0 Å². The van der Waals surface area contributed by atoms with Crippen molar-refractivity contribution in [3.05, 3.63) is 12.2 Å². The van der Waals surface area contributed by atoms with Gasteiger partial charge in [-0.1, -0.05) is 6.92 Å². The highest BCUT2D eigenvalue weighted by atomic mass is 16.5. The highest BCUT2D eigenvalue weighted by Crippen LogP contribution is 2.20. The average Bonchev–Trinajstić information content (AvgIpc) is 3.07. The minimum absolute atomic E-state index is 0.370. The van der Waals surface area contributed by atoms with Crippen LogP contribution in [0.25, 0.3) is 0 Å². The van der Waals surface area contributed by atoms with Gasteiger partial charge in [0.2, 0.25) is 0 Å². The fraction of sp³-hybridized carbons (Fsp3) is 0.867. The van der Waals surface area contributed by atoms with Crippen molar-refractivity contribution < 1.29 is 4.74 Å². The third kappa shape index (κ3) is 4.28. The zero-order valence-corrected chi connectivity index (χ0v) is 13.0. The molecule has 5 heteroatoms. The van der Waals surface area contributed by atoms with E-state index in [4.69, 9.17) is 4.74 Å². The van der Waals surface area contributed by atoms with Crippen LogP contribution in [0.5, 0.6) is 0 Å². The Bertz CT molecular complexity index is 385. The lowest BCUT2D eigenvalue weighted by Gasteiger charge is -2.21. The Morgan fingerprint density at radius 2 is 2.35 bits per heavy atom. The molecule has 2 atom stereocenters. The topological polar surface area (TPSA) is 52.0 Å². The van der Waals surface area contributed by atoms with Gasteiger partial charge in [0.25, 0.3) is 0 Å². The van der Waals surface area contributed by atoms with Crippen molar-refractivity contribution in [1.29, 1.82) is 0 Å². The Balaban J connectivity index is 1.96. The first kappa shape index (κ1) is 15.4. The lowest BCUT2D eigenvalue weighted by Crippen LogP contribution is -2.35. The molecular weight excluding hydrogens is 252 g/mol. The van der Waals surface area contributed by atoms with E-state index < -0.39 is 0 Å². The normalized spacial score (nSPS) is 20.7. The van der Waals surface area contributed by atoms with Crippen LogP contribution in [0, 0.1) is 5.92 Å². The zero-order chi connectivity index (χ0) is 14.4. The first-order valence-electron chi connectivity index (χ1n) is 7.90. The van der Waals surface area contributed by atoms with Gasteiger partial charge in [-0.05, 0) is 45.6 Å². The third-order valence-electron chi connectivity index (χ3n) is 3.89. The van der Waals surface area contributed by atoms with Crippen molar-refractivity contribution in [1.82, 2.24) is 20.1 Å². The largest absolute Gasteiger partial charge is 0.381 e. The van der Waals surface area contributed by atoms with Crippen molar-refractivity contribution in [3.8, 4) is 0 Å². The molecule has 2 unspecified atom stereocenters. The number of ether oxygens (including phenoxy) is 1. The molecule has 1 fully saturated rings. The summed E-state index contributed by atoms with van der Waals surface area (Å²) in [4.78, 5) is 4.44. The number of hydrogen-bond donors (Lipinski definition) is 1. The molecule has 2 rings (SSSR count). The number of hydrogen-bond acceptors (Lipinski definition) is 4. The second-order valence-electron chi connectivity index (χ2n) is 6.04. The van der Waals surface area contributed by atoms with Gasteiger partial charge < -0.3 is 10.1 Å². The number of aromatic nitrogens is 3. The summed E-state index contributed by atoms with van der Waals surface area (Å²) in [6.07, 6.45) is 6.15. The van der Waals surface area contributed by atoms with Gasteiger partial charge in [0, 0.05) is 31.7 Å². The highest BCUT2D eigenvalue weighted by Gasteiger charge is 2.22. The Kier molecular flexibility index (Phi) is 5.98. The van der Waals surface area contributed by atoms with Crippen molar-refractivity contribution in [2.24, 2.45) is 5.92 Å². The summed E-state index contributed by atoms with van der Waals surface area (Å²) in [7, 11) is 0. The molecule has 1 aliphatic heterocycles. The predicted octanol–water partition coefficient (Wildman–Crippen LogP) is 2.20. The molecule has 0 bridgehead atoms. The maximum Gasteiger partial charge on any atom is 0.138 e. The van der Waals surface area contributed by atoms with Gasteiger partial charge in [-0.2, -0.15) is 5.10 Å². The van der Waals surface area contributed by atoms with Crippen molar-refractivity contribution in [3.63, 3.8) is 0 Å². The second-order valence-corrected chi connectivity index (χ2v) is 6.04. The van der Waals surface area contributed by atoms with Gasteiger partial charge in [0.1, 0.15) is 12.2 Å². The second kappa shape index (κ2) is 7.74. The first-order valence-corrected chi connectivity index (χ1v) is 7.90. The van der Waals surface area contributed by atoms with Crippen LogP contribution in [0.3, 0.4) is 0 Å². The van der Waals surface area contributed by atoms with E-state index in [0.29, 0.717) is 18.0 Å². The minimum Gasteiger partial charge on any atom is -0.381 e. The summed E-state index contributed by atoms with van der Waals surface area (Å²) in [5.74, 6) is 1.78. The maximum atomic E-state index is 5.50. The van der Waals surface area contributed by atoms with Crippen molar-refractivity contribution in [2.75, 3.05) is 19.8 Å². The van der Waals surface area contributed by atoms with Gasteiger partial charge in [-0.15, -0.1) is 0 Å². The number of nitrogens with one attached hydrogen (secondary N) is 1. The Morgan fingerprint density at radius 1 is 1.50 bits per heavy atom. The van der Waals surface area contributed by atoms with Crippen LogP contribution in [0.4, 0.5) is 0 Å². The zero-order valence-electron chi connectivity index (χ0n) is 13.0. The first-order chi connectivity index (χ1) is 9.70. The standard InChI is InChI=1S/C15H28N4O/c1-4-6-16-14(8-13-5-7-20-10-13)9-15-17-11-18-19(15)12(2)3/h11-14,16H,4-10H2,1-3H3. The number of rotatable bonds is 8. The molecule has 1 N–H and O–H groups in total. The molecule has 1 aromatic heterocycles. The molecule has 5 nitrogen and oxygen atoms in total. The summed E-state index contributed by atoms with van der Waals surface area (Å²) in [5.41, 5.74) is 0. The molecule has 0 radical (unpaired) electrons. The molecule has 0 spiro atoms. The van der Waals surface area contributed by atoms with E-state index in [1.165, 1.54) is 12.8 Å². The lowest BCUT2D eigenvalue weighted by atomic mass is 9.96. The van der Waals surface area contributed by atoms with E-state index in [-0.39, 0.29) is 0 Å². The number of nitrogens with zero attached hydrogens (tertiary/aromatic N) is 3. The van der Waals surface area contributed by atoms with Crippen LogP contribution in [-0.4, -0.2) is 40.6 Å². The SMILES string of the molecule is CCCNC(Cc1ncnn1C(C)C)CC1CCOC1. The third-order valence-corrected chi connectivity index (χ3v) is 3.89. The smallest absolute Gasteiger partial charge is 0.138 e. The minimum atomic E-state index is 0.370. The summed E-state index contributed by atoms with van der Waals surface area (Å²) in [6, 6.07) is 0.845. The van der Waals surface area contributed by atoms with E-state index in [2.05, 4.69) is 36.2 Å². The molecule has 2 heterocycles. The van der Waals surface area contributed by atoms with Gasteiger partial charge in [-0.3, -0.25) is 0 Å². The van der Waals surface area contributed by atoms with Gasteiger partial charge >= 0.3 is 0 Å². The Hall–Kier alpha value is -0.940. The van der Waals surface area contributed by atoms with Crippen LogP contribution in [0.2, 0.25) is 0 Å². The van der Waals surface area contributed by atoms with Crippen LogP contribution in [-0.2, 0) is 11.2 Å². The van der Waals surface area contributed by atoms with Gasteiger partial charge in [0.05, 0.1) is 0 Å². The molecule has 1 saturated heterocycles. The van der Waals surface area contributed by atoms with Crippen molar-refractivity contribution >= 4 is 0 Å². The summed E-state index contributed by atoms with van der Waals surface area (Å²) in [5, 5.41) is 8.00. The van der Waals surface area contributed by atoms with Gasteiger partial charge in [0.15, 0.2) is 0 Å². The van der Waals surface area contributed by atoms with E-state index in [1.54, 1.807) is 6.33 Å². The molecule has 0 amide bonds. The van der Waals surface area contributed by atoms with E-state index in [1.807, 2.05) is 4.68 Å². The summed E-state index contributed by atoms with van der Waals surface area (Å²) >= 11 is 0. The summed E-state index contributed by atoms with van der Waals surface area (Å²) in [6.45, 7) is 9.41. The Labute approximate surface area is 122 Å². The molecule has 0 aliphatic carbocycles. The predicted molar refractivity (Wildman–Crippen MR) is 79.7 cm³/mol. The van der Waals surface area contributed by atoms with Crippen LogP contribution in [0.15, 0.2) is 6.33 Å². The fourth-order valence-corrected chi connectivity index (χ4v) is 2.83. The molecule has 20 heavy (non-hydrogen) atoms. The molecular formula is C15H28N4O. The van der Waals surface area contributed by atoms with Crippen molar-refractivity contribution in [2.45, 2.75) is 58.5 Å². The van der Waals surface area contributed by atoms with Crippen LogP contribution in [0.1, 0.15) is 51.9 Å². The van der Waals surface area contributed by atoms with E-state index in [9.17, 15) is 0 Å². The maximum absolute atomic E-state index is 5.50. The highest BCUT2D eigenvalue weighted by molar-refractivity contribution is 4.92. The lowest BCUT2D eigenvalue weighted by molar-refractivity contribution is 0.181. The molecule has 114 valence electrons. The molecule has 0 saturated carbocycles. The fourth-order valence-electron chi connectivity index (χ4n) is 2.83. The van der Waals surface area contributed by atoms with Gasteiger partial charge in [-0.25, -0.2) is 9.67 Å². The molecule has 1 aliphatic rings. The van der Waals surface area contributed by atoms with Crippen LogP contribution < -0.4 is 5.32 Å². The quantitative estimate of drug-likeness (QED) is 0.793. The molecule has 1 aromatic rings. The van der Waals surface area contributed by atoms with E-state index in [0.717, 1.165) is 38.4 Å². The molecule has 0 aromatic carbocycles. The average molecular weight is 280 g/mol. The van der Waals surface area contributed by atoms with Crippen LogP contribution >= 0.6 is 0 Å². The summed E-state index contributed by atoms with van der Waals surface area (Å²) < 4.78 is 7.53. The monoisotopic (exact) mass is 280 g/mol. The Morgan fingerprint density at radius 3 is 3.00 bits per heavy atom.